The minimum Gasteiger partial charge on any atom is -0.360 e. The topological polar surface area (TPSA) is 92.1 Å². The molecule has 0 saturated carbocycles. The fourth-order valence-corrected chi connectivity index (χ4v) is 4.51. The van der Waals surface area contributed by atoms with Crippen LogP contribution in [0, 0.1) is 0 Å². The van der Waals surface area contributed by atoms with Crippen LogP contribution < -0.4 is 5.73 Å². The lowest BCUT2D eigenvalue weighted by molar-refractivity contribution is -0.132. The first-order valence-electron chi connectivity index (χ1n) is 9.21. The first-order valence-corrected chi connectivity index (χ1v) is 10.1. The second-order valence-electron chi connectivity index (χ2n) is 6.85. The maximum atomic E-state index is 12.9. The molecule has 0 spiro atoms. The molecule has 140 valence electrons. The number of benzene rings is 1. The number of rotatable bonds is 5. The number of aromatic nitrogens is 2. The van der Waals surface area contributed by atoms with Crippen LogP contribution in [0.5, 0.6) is 0 Å². The number of ketones is 1. The number of amides is 1. The standard InChI is InChI=1S/C20H22N4O2S/c21-8-5-18(25)24-9-6-13(7-10-24)17-12-27-20(23-17)19(26)15-11-22-16-4-2-1-3-14(15)16/h1-4,11-13,22H,5-10,21H2. The summed E-state index contributed by atoms with van der Waals surface area (Å²) < 4.78 is 0. The quantitative estimate of drug-likeness (QED) is 0.664. The van der Waals surface area contributed by atoms with Crippen molar-refractivity contribution >= 4 is 33.9 Å². The second-order valence-corrected chi connectivity index (χ2v) is 7.71. The number of nitrogens with one attached hydrogen (secondary N) is 1. The molecule has 3 heterocycles. The predicted molar refractivity (Wildman–Crippen MR) is 106 cm³/mol. The summed E-state index contributed by atoms with van der Waals surface area (Å²) >= 11 is 1.40. The number of likely N-dealkylation sites (tertiary alicyclic amines) is 1. The molecule has 0 bridgehead atoms. The lowest BCUT2D eigenvalue weighted by atomic mass is 9.94. The third kappa shape index (κ3) is 3.52. The van der Waals surface area contributed by atoms with Crippen molar-refractivity contribution in [3.8, 4) is 0 Å². The van der Waals surface area contributed by atoms with Gasteiger partial charge in [0.2, 0.25) is 11.7 Å². The summed E-state index contributed by atoms with van der Waals surface area (Å²) in [5.74, 6) is 0.386. The molecule has 1 amide bonds. The Balaban J connectivity index is 1.46. The number of piperidine rings is 1. The SMILES string of the molecule is NCCC(=O)N1CCC(c2csc(C(=O)c3c[nH]c4ccccc34)n2)CC1. The molecule has 4 rings (SSSR count). The Kier molecular flexibility index (Phi) is 5.05. The number of carbonyl (C=O) groups excluding carboxylic acids is 2. The number of thiazole rings is 1. The number of fused-ring (bicyclic) bond motifs is 1. The van der Waals surface area contributed by atoms with Gasteiger partial charge in [-0.15, -0.1) is 11.3 Å². The van der Waals surface area contributed by atoms with E-state index in [4.69, 9.17) is 5.73 Å². The number of hydrogen-bond donors (Lipinski definition) is 2. The Morgan fingerprint density at radius 2 is 2.04 bits per heavy atom. The fourth-order valence-electron chi connectivity index (χ4n) is 3.66. The minimum atomic E-state index is -0.0424. The van der Waals surface area contributed by atoms with Crippen LogP contribution in [0.1, 0.15) is 46.2 Å². The van der Waals surface area contributed by atoms with Gasteiger partial charge in [0.05, 0.1) is 11.3 Å². The van der Waals surface area contributed by atoms with E-state index in [9.17, 15) is 9.59 Å². The van der Waals surface area contributed by atoms with Crippen molar-refractivity contribution in [3.05, 3.63) is 52.1 Å². The fraction of sp³-hybridized carbons (Fsp3) is 0.350. The molecule has 3 N–H and O–H groups in total. The van der Waals surface area contributed by atoms with E-state index in [1.807, 2.05) is 34.5 Å². The third-order valence-corrected chi connectivity index (χ3v) is 6.03. The normalized spacial score (nSPS) is 15.4. The molecule has 6 nitrogen and oxygen atoms in total. The van der Waals surface area contributed by atoms with E-state index < -0.39 is 0 Å². The van der Waals surface area contributed by atoms with Crippen molar-refractivity contribution in [1.29, 1.82) is 0 Å². The van der Waals surface area contributed by atoms with E-state index in [0.29, 0.717) is 29.5 Å². The van der Waals surface area contributed by atoms with Crippen LogP contribution in [0.4, 0.5) is 0 Å². The highest BCUT2D eigenvalue weighted by atomic mass is 32.1. The summed E-state index contributed by atoms with van der Waals surface area (Å²) in [6.07, 6.45) is 3.92. The highest BCUT2D eigenvalue weighted by molar-refractivity contribution is 7.12. The zero-order chi connectivity index (χ0) is 18.8. The van der Waals surface area contributed by atoms with Gasteiger partial charge in [0, 0.05) is 54.5 Å². The highest BCUT2D eigenvalue weighted by Crippen LogP contribution is 2.30. The summed E-state index contributed by atoms with van der Waals surface area (Å²) in [6.45, 7) is 1.85. The second kappa shape index (κ2) is 7.62. The monoisotopic (exact) mass is 382 g/mol. The van der Waals surface area contributed by atoms with Crippen LogP contribution in [-0.2, 0) is 4.79 Å². The highest BCUT2D eigenvalue weighted by Gasteiger charge is 2.26. The van der Waals surface area contributed by atoms with Gasteiger partial charge in [-0.3, -0.25) is 9.59 Å². The number of nitrogens with zero attached hydrogens (tertiary/aromatic N) is 2. The lowest BCUT2D eigenvalue weighted by Gasteiger charge is -2.31. The molecule has 1 aromatic carbocycles. The van der Waals surface area contributed by atoms with Gasteiger partial charge < -0.3 is 15.6 Å². The van der Waals surface area contributed by atoms with Crippen LogP contribution in [0.2, 0.25) is 0 Å². The van der Waals surface area contributed by atoms with Crippen molar-refractivity contribution in [1.82, 2.24) is 14.9 Å². The zero-order valence-electron chi connectivity index (χ0n) is 15.0. The van der Waals surface area contributed by atoms with Crippen LogP contribution in [-0.4, -0.2) is 46.2 Å². The molecular weight excluding hydrogens is 360 g/mol. The number of nitrogens with two attached hydrogens (primary N) is 1. The van der Waals surface area contributed by atoms with Crippen molar-refractivity contribution in [3.63, 3.8) is 0 Å². The van der Waals surface area contributed by atoms with Crippen molar-refractivity contribution in [2.75, 3.05) is 19.6 Å². The zero-order valence-corrected chi connectivity index (χ0v) is 15.8. The molecule has 1 fully saturated rings. The average Bonchev–Trinajstić information content (AvgIpc) is 3.35. The van der Waals surface area contributed by atoms with Crippen LogP contribution in [0.25, 0.3) is 10.9 Å². The molecule has 0 unspecified atom stereocenters. The average molecular weight is 382 g/mol. The Labute approximate surface area is 161 Å². The summed E-state index contributed by atoms with van der Waals surface area (Å²) in [6, 6.07) is 7.78. The number of hydrogen-bond acceptors (Lipinski definition) is 5. The van der Waals surface area contributed by atoms with Crippen molar-refractivity contribution in [2.24, 2.45) is 5.73 Å². The molecular formula is C20H22N4O2S. The van der Waals surface area contributed by atoms with Gasteiger partial charge >= 0.3 is 0 Å². The summed E-state index contributed by atoms with van der Waals surface area (Å²) in [5, 5.41) is 3.44. The van der Waals surface area contributed by atoms with Crippen LogP contribution >= 0.6 is 11.3 Å². The Morgan fingerprint density at radius 3 is 2.81 bits per heavy atom. The maximum absolute atomic E-state index is 12.9. The first kappa shape index (κ1) is 17.9. The van der Waals surface area contributed by atoms with E-state index in [0.717, 1.165) is 42.5 Å². The first-order chi connectivity index (χ1) is 13.2. The number of H-pyrrole nitrogens is 1. The van der Waals surface area contributed by atoms with Gasteiger partial charge in [-0.05, 0) is 18.9 Å². The molecule has 1 aliphatic rings. The van der Waals surface area contributed by atoms with Gasteiger partial charge in [0.15, 0.2) is 5.01 Å². The van der Waals surface area contributed by atoms with Gasteiger partial charge in [-0.2, -0.15) is 0 Å². The molecule has 2 aromatic heterocycles. The van der Waals surface area contributed by atoms with Gasteiger partial charge in [0.1, 0.15) is 0 Å². The van der Waals surface area contributed by atoms with Crippen LogP contribution in [0.3, 0.4) is 0 Å². The Hall–Kier alpha value is -2.51. The van der Waals surface area contributed by atoms with Crippen LogP contribution in [0.15, 0.2) is 35.8 Å². The van der Waals surface area contributed by atoms with E-state index in [1.54, 1.807) is 6.20 Å². The molecule has 1 aliphatic heterocycles. The van der Waals surface area contributed by atoms with Gasteiger partial charge in [0.25, 0.3) is 0 Å². The molecule has 0 aliphatic carbocycles. The molecule has 0 atom stereocenters. The number of aromatic amines is 1. The van der Waals surface area contributed by atoms with Crippen molar-refractivity contribution in [2.45, 2.75) is 25.2 Å². The molecule has 3 aromatic rings. The summed E-state index contributed by atoms with van der Waals surface area (Å²) in [4.78, 5) is 34.5. The largest absolute Gasteiger partial charge is 0.360 e. The third-order valence-electron chi connectivity index (χ3n) is 5.17. The molecule has 7 heteroatoms. The van der Waals surface area contributed by atoms with Gasteiger partial charge in [-0.25, -0.2) is 4.98 Å². The number of para-hydroxylation sites is 1. The smallest absolute Gasteiger partial charge is 0.223 e. The van der Waals surface area contributed by atoms with Crippen molar-refractivity contribution < 1.29 is 9.59 Å². The number of carbonyl (C=O) groups is 2. The Morgan fingerprint density at radius 1 is 1.26 bits per heavy atom. The van der Waals surface area contributed by atoms with E-state index in [-0.39, 0.29) is 11.7 Å². The Bertz CT molecular complexity index is 969. The predicted octanol–water partition coefficient (Wildman–Crippen LogP) is 2.91. The molecule has 1 saturated heterocycles. The summed E-state index contributed by atoms with van der Waals surface area (Å²) in [5.41, 5.74) is 8.05. The summed E-state index contributed by atoms with van der Waals surface area (Å²) in [7, 11) is 0. The van der Waals surface area contributed by atoms with E-state index in [1.165, 1.54) is 11.3 Å². The minimum absolute atomic E-state index is 0.0424. The van der Waals surface area contributed by atoms with Gasteiger partial charge in [-0.1, -0.05) is 18.2 Å². The molecule has 27 heavy (non-hydrogen) atoms. The maximum Gasteiger partial charge on any atom is 0.223 e. The molecule has 0 radical (unpaired) electrons. The lowest BCUT2D eigenvalue weighted by Crippen LogP contribution is -2.38. The van der Waals surface area contributed by atoms with E-state index in [2.05, 4.69) is 9.97 Å². The van der Waals surface area contributed by atoms with E-state index >= 15 is 0 Å².